The van der Waals surface area contributed by atoms with E-state index < -0.39 is 29.8 Å². The Morgan fingerprint density at radius 1 is 1.08 bits per heavy atom. The van der Waals surface area contributed by atoms with Gasteiger partial charge in [0.1, 0.15) is 6.04 Å². The lowest BCUT2D eigenvalue weighted by atomic mass is 10.2. The van der Waals surface area contributed by atoms with Gasteiger partial charge in [0.15, 0.2) is 0 Å². The van der Waals surface area contributed by atoms with Crippen LogP contribution in [0.15, 0.2) is 24.3 Å². The van der Waals surface area contributed by atoms with Crippen molar-refractivity contribution in [3.63, 3.8) is 0 Å². The minimum atomic E-state index is -1.19. The number of ether oxygens (including phenoxy) is 2. The fraction of sp³-hybridized carbons (Fsp3) is 0.333. The molecule has 0 radical (unpaired) electrons. The number of carbonyl (C=O) groups excluding carboxylic acids is 4. The zero-order chi connectivity index (χ0) is 18.1. The van der Waals surface area contributed by atoms with Crippen molar-refractivity contribution >= 4 is 35.4 Å². The summed E-state index contributed by atoms with van der Waals surface area (Å²) in [6, 6.07) is 4.90. The van der Waals surface area contributed by atoms with Crippen LogP contribution in [0.4, 0.5) is 0 Å². The average molecular weight is 357 g/mol. The average Bonchev–Trinajstić information content (AvgIpc) is 2.58. The standard InChI is InChI=1S/C15H17ClN2O6/c1-23-13(20)7-11(15(22)24-2)18-12(19)8-17-14(21)9-3-5-10(16)6-4-9/h3-6,11H,7-8H2,1-2H3,(H,17,21)(H,18,19)/t11-/m1/s1. The number of nitrogens with one attached hydrogen (secondary N) is 2. The van der Waals surface area contributed by atoms with Gasteiger partial charge in [0.05, 0.1) is 27.2 Å². The Hall–Kier alpha value is -2.61. The van der Waals surface area contributed by atoms with Crippen LogP contribution in [0.2, 0.25) is 5.02 Å². The summed E-state index contributed by atoms with van der Waals surface area (Å²) in [7, 11) is 2.28. The third-order valence-electron chi connectivity index (χ3n) is 2.94. The normalized spacial score (nSPS) is 11.1. The van der Waals surface area contributed by atoms with Crippen LogP contribution in [-0.2, 0) is 23.9 Å². The van der Waals surface area contributed by atoms with E-state index in [1.54, 1.807) is 12.1 Å². The molecule has 0 aliphatic rings. The highest BCUT2D eigenvalue weighted by Gasteiger charge is 2.25. The molecule has 0 aliphatic carbocycles. The Labute approximate surface area is 143 Å². The number of halogens is 1. The lowest BCUT2D eigenvalue weighted by Crippen LogP contribution is -2.47. The van der Waals surface area contributed by atoms with Crippen LogP contribution in [0.3, 0.4) is 0 Å². The van der Waals surface area contributed by atoms with E-state index in [0.29, 0.717) is 10.6 Å². The smallest absolute Gasteiger partial charge is 0.328 e. The second-order valence-electron chi connectivity index (χ2n) is 4.61. The molecule has 0 fully saturated rings. The third kappa shape index (κ3) is 6.25. The Morgan fingerprint density at radius 3 is 2.25 bits per heavy atom. The van der Waals surface area contributed by atoms with Crippen molar-refractivity contribution in [3.05, 3.63) is 34.9 Å². The molecule has 24 heavy (non-hydrogen) atoms. The lowest BCUT2D eigenvalue weighted by Gasteiger charge is -2.15. The van der Waals surface area contributed by atoms with Gasteiger partial charge in [-0.2, -0.15) is 0 Å². The van der Waals surface area contributed by atoms with Crippen molar-refractivity contribution in [1.29, 1.82) is 0 Å². The minimum Gasteiger partial charge on any atom is -0.469 e. The molecule has 8 nitrogen and oxygen atoms in total. The van der Waals surface area contributed by atoms with Gasteiger partial charge in [-0.25, -0.2) is 4.79 Å². The first-order valence-electron chi connectivity index (χ1n) is 6.85. The quantitative estimate of drug-likeness (QED) is 0.679. The van der Waals surface area contributed by atoms with E-state index in [-0.39, 0.29) is 13.0 Å². The monoisotopic (exact) mass is 356 g/mol. The molecule has 0 spiro atoms. The van der Waals surface area contributed by atoms with Crippen LogP contribution in [0.5, 0.6) is 0 Å². The van der Waals surface area contributed by atoms with Crippen LogP contribution in [0.1, 0.15) is 16.8 Å². The van der Waals surface area contributed by atoms with Crippen LogP contribution < -0.4 is 10.6 Å². The van der Waals surface area contributed by atoms with Crippen molar-refractivity contribution in [1.82, 2.24) is 10.6 Å². The summed E-state index contributed by atoms with van der Waals surface area (Å²) in [5.74, 6) is -2.62. The second-order valence-corrected chi connectivity index (χ2v) is 5.05. The van der Waals surface area contributed by atoms with Gasteiger partial charge in [-0.1, -0.05) is 11.6 Å². The van der Waals surface area contributed by atoms with Crippen LogP contribution in [0.25, 0.3) is 0 Å². The van der Waals surface area contributed by atoms with Crippen LogP contribution >= 0.6 is 11.6 Å². The molecule has 0 aliphatic heterocycles. The maximum Gasteiger partial charge on any atom is 0.328 e. The van der Waals surface area contributed by atoms with E-state index in [1.807, 2.05) is 0 Å². The van der Waals surface area contributed by atoms with E-state index in [0.717, 1.165) is 14.2 Å². The van der Waals surface area contributed by atoms with Gasteiger partial charge in [-0.3, -0.25) is 14.4 Å². The molecule has 0 saturated heterocycles. The number of benzene rings is 1. The van der Waals surface area contributed by atoms with Gasteiger partial charge in [-0.05, 0) is 24.3 Å². The van der Waals surface area contributed by atoms with Crippen molar-refractivity contribution < 1.29 is 28.7 Å². The molecule has 0 aromatic heterocycles. The van der Waals surface area contributed by atoms with Crippen molar-refractivity contribution in [3.8, 4) is 0 Å². The summed E-state index contributed by atoms with van der Waals surface area (Å²) < 4.78 is 8.95. The minimum absolute atomic E-state index is 0.325. The van der Waals surface area contributed by atoms with Gasteiger partial charge in [0.25, 0.3) is 5.91 Å². The largest absolute Gasteiger partial charge is 0.469 e. The van der Waals surface area contributed by atoms with Crippen LogP contribution in [0, 0.1) is 0 Å². The summed E-state index contributed by atoms with van der Waals surface area (Å²) in [5.41, 5.74) is 0.325. The first-order chi connectivity index (χ1) is 11.4. The first kappa shape index (κ1) is 19.4. The number of esters is 2. The molecule has 0 heterocycles. The molecule has 1 atom stereocenters. The van der Waals surface area contributed by atoms with E-state index >= 15 is 0 Å². The molecule has 2 N–H and O–H groups in total. The topological polar surface area (TPSA) is 111 Å². The summed E-state index contributed by atoms with van der Waals surface area (Å²) in [4.78, 5) is 46.5. The van der Waals surface area contributed by atoms with Gasteiger partial charge >= 0.3 is 11.9 Å². The summed E-state index contributed by atoms with van der Waals surface area (Å²) >= 11 is 5.72. The van der Waals surface area contributed by atoms with E-state index in [4.69, 9.17) is 11.6 Å². The molecule has 9 heteroatoms. The van der Waals surface area contributed by atoms with Crippen molar-refractivity contribution in [2.24, 2.45) is 0 Å². The fourth-order valence-electron chi connectivity index (χ4n) is 1.69. The number of carbonyl (C=O) groups is 4. The molecule has 0 bridgehead atoms. The molecule has 1 aromatic rings. The molecule has 0 saturated carbocycles. The second kappa shape index (κ2) is 9.51. The Kier molecular flexibility index (Phi) is 7.70. The summed E-state index contributed by atoms with van der Waals surface area (Å²) in [5, 5.41) is 5.16. The zero-order valence-electron chi connectivity index (χ0n) is 13.1. The maximum absolute atomic E-state index is 11.9. The molecule has 1 rings (SSSR count). The van der Waals surface area contributed by atoms with Gasteiger partial charge in [-0.15, -0.1) is 0 Å². The Balaban J connectivity index is 2.56. The Morgan fingerprint density at radius 2 is 1.71 bits per heavy atom. The third-order valence-corrected chi connectivity index (χ3v) is 3.19. The molecule has 130 valence electrons. The predicted molar refractivity (Wildman–Crippen MR) is 84.4 cm³/mol. The van der Waals surface area contributed by atoms with Gasteiger partial charge in [0.2, 0.25) is 5.91 Å². The Bertz CT molecular complexity index is 617. The van der Waals surface area contributed by atoms with E-state index in [9.17, 15) is 19.2 Å². The van der Waals surface area contributed by atoms with Gasteiger partial charge in [0, 0.05) is 10.6 Å². The highest BCUT2D eigenvalue weighted by molar-refractivity contribution is 6.30. The molecular weight excluding hydrogens is 340 g/mol. The maximum atomic E-state index is 11.9. The summed E-state index contributed by atoms with van der Waals surface area (Å²) in [6.07, 6.45) is -0.375. The zero-order valence-corrected chi connectivity index (χ0v) is 13.9. The number of hydrogen-bond acceptors (Lipinski definition) is 6. The molecule has 0 unspecified atom stereocenters. The lowest BCUT2D eigenvalue weighted by molar-refractivity contribution is -0.150. The predicted octanol–water partition coefficient (Wildman–Crippen LogP) is 0.291. The number of methoxy groups -OCH3 is 2. The summed E-state index contributed by atoms with van der Waals surface area (Å²) in [6.45, 7) is -0.379. The van der Waals surface area contributed by atoms with Crippen molar-refractivity contribution in [2.75, 3.05) is 20.8 Å². The number of rotatable bonds is 7. The molecule has 1 aromatic carbocycles. The van der Waals surface area contributed by atoms with Crippen LogP contribution in [-0.4, -0.2) is 50.6 Å². The first-order valence-corrected chi connectivity index (χ1v) is 7.23. The molecular formula is C15H17ClN2O6. The SMILES string of the molecule is COC(=O)C[C@@H](NC(=O)CNC(=O)c1ccc(Cl)cc1)C(=O)OC. The van der Waals surface area contributed by atoms with E-state index in [1.165, 1.54) is 12.1 Å². The number of hydrogen-bond donors (Lipinski definition) is 2. The molecule has 2 amide bonds. The van der Waals surface area contributed by atoms with Crippen molar-refractivity contribution in [2.45, 2.75) is 12.5 Å². The highest BCUT2D eigenvalue weighted by atomic mass is 35.5. The number of amides is 2. The van der Waals surface area contributed by atoms with Gasteiger partial charge < -0.3 is 20.1 Å². The van der Waals surface area contributed by atoms with E-state index in [2.05, 4.69) is 20.1 Å². The highest BCUT2D eigenvalue weighted by Crippen LogP contribution is 2.09. The fourth-order valence-corrected chi connectivity index (χ4v) is 1.82.